The minimum Gasteiger partial charge on any atom is -0.208 e. The fraction of sp³-hybridized carbons (Fsp3) is 0.455. The van der Waals surface area contributed by atoms with E-state index in [4.69, 9.17) is 0 Å². The number of benzene rings is 1. The number of hydrogen-bond acceptors (Lipinski definition) is 0. The van der Waals surface area contributed by atoms with Gasteiger partial charge in [0.25, 0.3) is 0 Å². The molecule has 0 aliphatic rings. The molecule has 0 radical (unpaired) electrons. The summed E-state index contributed by atoms with van der Waals surface area (Å²) in [6.07, 6.45) is 0. The summed E-state index contributed by atoms with van der Waals surface area (Å²) in [6, 6.07) is 8.48. The largest absolute Gasteiger partial charge is 0.242 e. The highest BCUT2D eigenvalue weighted by Crippen LogP contribution is 2.06. The van der Waals surface area contributed by atoms with Gasteiger partial charge in [-0.15, -0.1) is 0 Å². The molecule has 0 N–H and O–H groups in total. The molecule has 1 rings (SSSR count). The van der Waals surface area contributed by atoms with Crippen molar-refractivity contribution in [2.24, 2.45) is 0 Å². The lowest BCUT2D eigenvalue weighted by atomic mass is 10.2. The lowest BCUT2D eigenvalue weighted by Crippen LogP contribution is -1.98. The summed E-state index contributed by atoms with van der Waals surface area (Å²) in [6.45, 7) is 5.90. The normalized spacial score (nSPS) is 10.3. The van der Waals surface area contributed by atoms with E-state index >= 15 is 0 Å². The molecule has 0 saturated heterocycles. The predicted octanol–water partition coefficient (Wildman–Crippen LogP) is 3.96. The van der Waals surface area contributed by atoms with Gasteiger partial charge in [-0.3, -0.25) is 0 Å². The van der Waals surface area contributed by atoms with Crippen LogP contribution in [0, 0.1) is 13.8 Å². The van der Waals surface area contributed by atoms with E-state index in [-0.39, 0.29) is 0 Å². The van der Waals surface area contributed by atoms with Crippen molar-refractivity contribution in [1.82, 2.24) is 0 Å². The molecule has 0 fully saturated rings. The summed E-state index contributed by atoms with van der Waals surface area (Å²) in [7, 11) is 0. The summed E-state index contributed by atoms with van der Waals surface area (Å²) in [5, 5.41) is 0. The average Bonchev–Trinajstić information content (AvgIpc) is 1.92. The SMILES string of the molecule is CC(C)(F)F.Cc1ccc(C)cc1. The minimum atomic E-state index is -2.50. The Bertz CT molecular complexity index is 204. The second kappa shape index (κ2) is 4.95. The zero-order chi connectivity index (χ0) is 10.5. The second-order valence-electron chi connectivity index (χ2n) is 3.48. The maximum Gasteiger partial charge on any atom is 0.242 e. The maximum absolute atomic E-state index is 11.0. The van der Waals surface area contributed by atoms with Gasteiger partial charge in [0.1, 0.15) is 0 Å². The van der Waals surface area contributed by atoms with Crippen LogP contribution in [0.5, 0.6) is 0 Å². The van der Waals surface area contributed by atoms with Crippen molar-refractivity contribution in [3.05, 3.63) is 35.4 Å². The van der Waals surface area contributed by atoms with Crippen LogP contribution in [-0.2, 0) is 0 Å². The van der Waals surface area contributed by atoms with Crippen LogP contribution in [0.3, 0.4) is 0 Å². The number of halogens is 2. The summed E-state index contributed by atoms with van der Waals surface area (Å²) >= 11 is 0. The van der Waals surface area contributed by atoms with Crippen LogP contribution in [0.1, 0.15) is 25.0 Å². The average molecular weight is 186 g/mol. The van der Waals surface area contributed by atoms with E-state index in [1.54, 1.807) is 0 Å². The highest BCUT2D eigenvalue weighted by molar-refractivity contribution is 5.19. The van der Waals surface area contributed by atoms with Crippen LogP contribution in [0.4, 0.5) is 8.78 Å². The molecule has 0 saturated carbocycles. The first-order chi connectivity index (χ1) is 5.79. The third-order valence-electron chi connectivity index (χ3n) is 1.22. The smallest absolute Gasteiger partial charge is 0.208 e. The van der Waals surface area contributed by atoms with Gasteiger partial charge in [-0.25, -0.2) is 8.78 Å². The fourth-order valence-corrected chi connectivity index (χ4v) is 0.637. The molecule has 74 valence electrons. The molecular formula is C11H16F2. The van der Waals surface area contributed by atoms with Crippen LogP contribution >= 0.6 is 0 Å². The van der Waals surface area contributed by atoms with Crippen molar-refractivity contribution in [3.63, 3.8) is 0 Å². The van der Waals surface area contributed by atoms with Crippen LogP contribution < -0.4 is 0 Å². The summed E-state index contributed by atoms with van der Waals surface area (Å²) in [5.41, 5.74) is 2.66. The molecule has 0 nitrogen and oxygen atoms in total. The maximum atomic E-state index is 11.0. The number of hydrogen-bond donors (Lipinski definition) is 0. The lowest BCUT2D eigenvalue weighted by molar-refractivity contribution is 0.0437. The molecule has 13 heavy (non-hydrogen) atoms. The van der Waals surface area contributed by atoms with E-state index in [1.165, 1.54) is 11.1 Å². The highest BCUT2D eigenvalue weighted by Gasteiger charge is 2.08. The van der Waals surface area contributed by atoms with E-state index in [2.05, 4.69) is 38.1 Å². The Morgan fingerprint density at radius 3 is 1.15 bits per heavy atom. The van der Waals surface area contributed by atoms with Gasteiger partial charge in [-0.1, -0.05) is 35.4 Å². The van der Waals surface area contributed by atoms with Crippen molar-refractivity contribution < 1.29 is 8.78 Å². The van der Waals surface area contributed by atoms with Gasteiger partial charge in [0.2, 0.25) is 5.92 Å². The molecule has 0 atom stereocenters. The molecule has 0 spiro atoms. The van der Waals surface area contributed by atoms with E-state index in [0.29, 0.717) is 0 Å². The Morgan fingerprint density at radius 1 is 0.846 bits per heavy atom. The Morgan fingerprint density at radius 2 is 1.00 bits per heavy atom. The topological polar surface area (TPSA) is 0 Å². The Hall–Kier alpha value is -0.920. The molecule has 0 aromatic heterocycles. The molecule has 0 aliphatic carbocycles. The summed E-state index contributed by atoms with van der Waals surface area (Å²) < 4.78 is 22.0. The standard InChI is InChI=1S/C8H10.C3H6F2/c1-7-3-5-8(2)6-4-7;1-3(2,4)5/h3-6H,1-2H3;1-2H3. The summed E-state index contributed by atoms with van der Waals surface area (Å²) in [4.78, 5) is 0. The van der Waals surface area contributed by atoms with Crippen molar-refractivity contribution >= 4 is 0 Å². The number of aryl methyl sites for hydroxylation is 2. The van der Waals surface area contributed by atoms with Crippen LogP contribution in [0.15, 0.2) is 24.3 Å². The molecule has 0 amide bonds. The quantitative estimate of drug-likeness (QED) is 0.575. The predicted molar refractivity (Wildman–Crippen MR) is 52.2 cm³/mol. The third kappa shape index (κ3) is 11.1. The van der Waals surface area contributed by atoms with Crippen molar-refractivity contribution in [3.8, 4) is 0 Å². The minimum absolute atomic E-state index is 0.854. The molecule has 2 heteroatoms. The Labute approximate surface area is 78.6 Å². The van der Waals surface area contributed by atoms with Gasteiger partial charge in [0.15, 0.2) is 0 Å². The van der Waals surface area contributed by atoms with Gasteiger partial charge in [-0.2, -0.15) is 0 Å². The monoisotopic (exact) mass is 186 g/mol. The van der Waals surface area contributed by atoms with E-state index in [0.717, 1.165) is 13.8 Å². The second-order valence-corrected chi connectivity index (χ2v) is 3.48. The first kappa shape index (κ1) is 12.1. The molecule has 0 bridgehead atoms. The summed E-state index contributed by atoms with van der Waals surface area (Å²) in [5.74, 6) is -2.50. The van der Waals surface area contributed by atoms with E-state index in [1.807, 2.05) is 0 Å². The fourth-order valence-electron chi connectivity index (χ4n) is 0.637. The molecule has 1 aromatic carbocycles. The molecule has 0 heterocycles. The van der Waals surface area contributed by atoms with Gasteiger partial charge >= 0.3 is 0 Å². The Kier molecular flexibility index (Phi) is 4.60. The molecule has 0 aliphatic heterocycles. The van der Waals surface area contributed by atoms with Gasteiger partial charge in [0.05, 0.1) is 0 Å². The van der Waals surface area contributed by atoms with E-state index in [9.17, 15) is 8.78 Å². The molecule has 1 aromatic rings. The van der Waals surface area contributed by atoms with Gasteiger partial charge in [0, 0.05) is 0 Å². The van der Waals surface area contributed by atoms with Crippen LogP contribution in [-0.4, -0.2) is 5.92 Å². The first-order valence-electron chi connectivity index (χ1n) is 4.20. The zero-order valence-electron chi connectivity index (χ0n) is 8.57. The molecule has 0 unspecified atom stereocenters. The van der Waals surface area contributed by atoms with Crippen molar-refractivity contribution in [2.75, 3.05) is 0 Å². The number of alkyl halides is 2. The van der Waals surface area contributed by atoms with Crippen LogP contribution in [0.2, 0.25) is 0 Å². The lowest BCUT2D eigenvalue weighted by Gasteiger charge is -1.94. The van der Waals surface area contributed by atoms with Gasteiger partial charge in [-0.05, 0) is 27.7 Å². The van der Waals surface area contributed by atoms with Crippen molar-refractivity contribution in [2.45, 2.75) is 33.6 Å². The molecular weight excluding hydrogens is 170 g/mol. The first-order valence-corrected chi connectivity index (χ1v) is 4.20. The van der Waals surface area contributed by atoms with Crippen molar-refractivity contribution in [1.29, 1.82) is 0 Å². The Balaban J connectivity index is 0.000000252. The third-order valence-corrected chi connectivity index (χ3v) is 1.22. The highest BCUT2D eigenvalue weighted by atomic mass is 19.3. The number of rotatable bonds is 0. The zero-order valence-corrected chi connectivity index (χ0v) is 8.57. The van der Waals surface area contributed by atoms with Crippen LogP contribution in [0.25, 0.3) is 0 Å². The van der Waals surface area contributed by atoms with Gasteiger partial charge < -0.3 is 0 Å². The van der Waals surface area contributed by atoms with E-state index < -0.39 is 5.92 Å².